The van der Waals surface area contributed by atoms with E-state index in [1.807, 2.05) is 18.2 Å². The molecule has 0 bridgehead atoms. The van der Waals surface area contributed by atoms with Crippen molar-refractivity contribution in [2.75, 3.05) is 33.7 Å². The number of aliphatic imine (C=N–C) groups is 1. The van der Waals surface area contributed by atoms with Crippen molar-refractivity contribution in [2.24, 2.45) is 4.99 Å². The number of H-pyrrole nitrogens is 1. The van der Waals surface area contributed by atoms with Crippen molar-refractivity contribution in [3.8, 4) is 0 Å². The molecule has 0 spiro atoms. The van der Waals surface area contributed by atoms with E-state index in [9.17, 15) is 4.39 Å². The van der Waals surface area contributed by atoms with E-state index in [1.54, 1.807) is 7.05 Å². The van der Waals surface area contributed by atoms with Gasteiger partial charge in [0.05, 0.1) is 0 Å². The molecule has 0 radical (unpaired) electrons. The fraction of sp³-hybridized carbons (Fsp3) is 0.318. The van der Waals surface area contributed by atoms with Gasteiger partial charge in [-0.1, -0.05) is 30.3 Å². The van der Waals surface area contributed by atoms with Gasteiger partial charge in [-0.15, -0.1) is 24.0 Å². The van der Waals surface area contributed by atoms with E-state index < -0.39 is 0 Å². The van der Waals surface area contributed by atoms with Gasteiger partial charge in [0.15, 0.2) is 5.96 Å². The maximum atomic E-state index is 13.0. The van der Waals surface area contributed by atoms with Crippen LogP contribution in [-0.4, -0.2) is 49.6 Å². The molecule has 7 heteroatoms. The van der Waals surface area contributed by atoms with Crippen LogP contribution in [0, 0.1) is 5.82 Å². The number of fused-ring (bicyclic) bond motifs is 1. The summed E-state index contributed by atoms with van der Waals surface area (Å²) in [6.45, 7) is 3.24. The Kier molecular flexibility index (Phi) is 9.40. The first kappa shape index (κ1) is 23.2. The van der Waals surface area contributed by atoms with E-state index in [0.29, 0.717) is 0 Å². The van der Waals surface area contributed by atoms with Crippen molar-refractivity contribution in [2.45, 2.75) is 13.0 Å². The number of aromatic nitrogens is 1. The predicted molar refractivity (Wildman–Crippen MR) is 130 cm³/mol. The second-order valence-electron chi connectivity index (χ2n) is 6.90. The Morgan fingerprint density at radius 2 is 1.79 bits per heavy atom. The van der Waals surface area contributed by atoms with Crippen LogP contribution in [0.2, 0.25) is 0 Å². The molecule has 0 amide bonds. The Morgan fingerprint density at radius 3 is 2.55 bits per heavy atom. The SMILES string of the molecule is CN=C(NCCc1c[nH]c2ccccc12)NCCN(C)Cc1ccc(F)cc1.I. The maximum Gasteiger partial charge on any atom is 0.191 e. The van der Waals surface area contributed by atoms with Gasteiger partial charge in [0, 0.05) is 50.3 Å². The van der Waals surface area contributed by atoms with Gasteiger partial charge in [0.25, 0.3) is 0 Å². The topological polar surface area (TPSA) is 55.5 Å². The average molecular weight is 509 g/mol. The molecule has 0 saturated carbocycles. The van der Waals surface area contributed by atoms with Crippen molar-refractivity contribution in [3.63, 3.8) is 0 Å². The number of nitrogens with one attached hydrogen (secondary N) is 3. The molecule has 1 aromatic heterocycles. The maximum absolute atomic E-state index is 13.0. The molecule has 0 aliphatic rings. The smallest absolute Gasteiger partial charge is 0.191 e. The largest absolute Gasteiger partial charge is 0.361 e. The summed E-state index contributed by atoms with van der Waals surface area (Å²) >= 11 is 0. The van der Waals surface area contributed by atoms with Crippen molar-refractivity contribution >= 4 is 40.8 Å². The van der Waals surface area contributed by atoms with Crippen LogP contribution in [0.1, 0.15) is 11.1 Å². The zero-order chi connectivity index (χ0) is 19.8. The average Bonchev–Trinajstić information content (AvgIpc) is 3.12. The van der Waals surface area contributed by atoms with Gasteiger partial charge in [0.2, 0.25) is 0 Å². The molecule has 29 heavy (non-hydrogen) atoms. The van der Waals surface area contributed by atoms with Gasteiger partial charge in [-0.3, -0.25) is 4.99 Å². The van der Waals surface area contributed by atoms with Crippen LogP contribution < -0.4 is 10.6 Å². The summed E-state index contributed by atoms with van der Waals surface area (Å²) in [4.78, 5) is 9.79. The van der Waals surface area contributed by atoms with E-state index in [1.165, 1.54) is 28.6 Å². The normalized spacial score (nSPS) is 11.5. The third kappa shape index (κ3) is 7.01. The molecule has 0 saturated heterocycles. The Labute approximate surface area is 188 Å². The standard InChI is InChI=1S/C22H28FN5.HI/c1-24-22(25-12-11-18-15-27-21-6-4-3-5-20(18)21)26-13-14-28(2)16-17-7-9-19(23)10-8-17;/h3-10,15,27H,11-14,16H2,1-2H3,(H2,24,25,26);1H. The molecular weight excluding hydrogens is 480 g/mol. The fourth-order valence-corrected chi connectivity index (χ4v) is 3.22. The Morgan fingerprint density at radius 1 is 1.07 bits per heavy atom. The summed E-state index contributed by atoms with van der Waals surface area (Å²) in [6.07, 6.45) is 3.00. The predicted octanol–water partition coefficient (Wildman–Crippen LogP) is 3.76. The van der Waals surface area contributed by atoms with Gasteiger partial charge in [-0.25, -0.2) is 4.39 Å². The number of hydrogen-bond donors (Lipinski definition) is 3. The third-order valence-electron chi connectivity index (χ3n) is 4.74. The number of likely N-dealkylation sites (N-methyl/N-ethyl adjacent to an activating group) is 1. The Bertz CT molecular complexity index is 907. The lowest BCUT2D eigenvalue weighted by atomic mass is 10.1. The lowest BCUT2D eigenvalue weighted by molar-refractivity contribution is 0.331. The van der Waals surface area contributed by atoms with Gasteiger partial charge < -0.3 is 20.5 Å². The molecule has 156 valence electrons. The van der Waals surface area contributed by atoms with Gasteiger partial charge in [-0.05, 0) is 42.8 Å². The molecule has 0 aliphatic heterocycles. The number of aromatic amines is 1. The molecule has 0 fully saturated rings. The monoisotopic (exact) mass is 509 g/mol. The zero-order valence-electron chi connectivity index (χ0n) is 16.9. The molecule has 3 rings (SSSR count). The van der Waals surface area contributed by atoms with Crippen LogP contribution in [0.25, 0.3) is 10.9 Å². The van der Waals surface area contributed by atoms with E-state index in [2.05, 4.69) is 57.0 Å². The minimum Gasteiger partial charge on any atom is -0.361 e. The minimum atomic E-state index is -0.199. The second-order valence-corrected chi connectivity index (χ2v) is 6.90. The van der Waals surface area contributed by atoms with E-state index in [4.69, 9.17) is 0 Å². The molecule has 3 aromatic rings. The molecule has 0 unspecified atom stereocenters. The molecular formula is C22H29FIN5. The van der Waals surface area contributed by atoms with Crippen LogP contribution in [0.5, 0.6) is 0 Å². The van der Waals surface area contributed by atoms with Crippen LogP contribution in [-0.2, 0) is 13.0 Å². The number of halogens is 2. The summed E-state index contributed by atoms with van der Waals surface area (Å²) in [7, 11) is 3.83. The first-order chi connectivity index (χ1) is 13.7. The van der Waals surface area contributed by atoms with Crippen molar-refractivity contribution in [1.82, 2.24) is 20.5 Å². The van der Waals surface area contributed by atoms with E-state index in [0.717, 1.165) is 44.1 Å². The van der Waals surface area contributed by atoms with E-state index >= 15 is 0 Å². The molecule has 0 atom stereocenters. The summed E-state index contributed by atoms with van der Waals surface area (Å²) in [5.74, 6) is 0.602. The Hall–Kier alpha value is -2.13. The molecule has 3 N–H and O–H groups in total. The second kappa shape index (κ2) is 11.8. The number of guanidine groups is 1. The van der Waals surface area contributed by atoms with Crippen molar-refractivity contribution in [3.05, 3.63) is 71.7 Å². The number of hydrogen-bond acceptors (Lipinski definition) is 2. The highest BCUT2D eigenvalue weighted by molar-refractivity contribution is 14.0. The lowest BCUT2D eigenvalue weighted by Crippen LogP contribution is -2.41. The minimum absolute atomic E-state index is 0. The first-order valence-corrected chi connectivity index (χ1v) is 9.58. The number of nitrogens with zero attached hydrogens (tertiary/aromatic N) is 2. The highest BCUT2D eigenvalue weighted by Gasteiger charge is 2.05. The lowest BCUT2D eigenvalue weighted by Gasteiger charge is -2.18. The van der Waals surface area contributed by atoms with Crippen LogP contribution in [0.4, 0.5) is 4.39 Å². The van der Waals surface area contributed by atoms with Crippen LogP contribution in [0.15, 0.2) is 59.7 Å². The van der Waals surface area contributed by atoms with Gasteiger partial charge in [-0.2, -0.15) is 0 Å². The summed E-state index contributed by atoms with van der Waals surface area (Å²) in [6, 6.07) is 15.0. The quantitative estimate of drug-likeness (QED) is 0.246. The molecule has 2 aromatic carbocycles. The highest BCUT2D eigenvalue weighted by Crippen LogP contribution is 2.17. The Balaban J connectivity index is 0.00000300. The zero-order valence-corrected chi connectivity index (χ0v) is 19.2. The fourth-order valence-electron chi connectivity index (χ4n) is 3.22. The van der Waals surface area contributed by atoms with Crippen molar-refractivity contribution in [1.29, 1.82) is 0 Å². The first-order valence-electron chi connectivity index (χ1n) is 9.58. The molecule has 5 nitrogen and oxygen atoms in total. The number of benzene rings is 2. The van der Waals surface area contributed by atoms with Crippen molar-refractivity contribution < 1.29 is 4.39 Å². The van der Waals surface area contributed by atoms with Crippen LogP contribution in [0.3, 0.4) is 0 Å². The summed E-state index contributed by atoms with van der Waals surface area (Å²) in [5, 5.41) is 7.98. The molecule has 1 heterocycles. The van der Waals surface area contributed by atoms with Gasteiger partial charge >= 0.3 is 0 Å². The number of rotatable bonds is 8. The summed E-state index contributed by atoms with van der Waals surface area (Å²) in [5.41, 5.74) is 3.58. The highest BCUT2D eigenvalue weighted by atomic mass is 127. The van der Waals surface area contributed by atoms with E-state index in [-0.39, 0.29) is 29.8 Å². The molecule has 0 aliphatic carbocycles. The van der Waals surface area contributed by atoms with Gasteiger partial charge in [0.1, 0.15) is 5.82 Å². The third-order valence-corrected chi connectivity index (χ3v) is 4.74. The summed E-state index contributed by atoms with van der Waals surface area (Å²) < 4.78 is 13.0. The number of para-hydroxylation sites is 1. The van der Waals surface area contributed by atoms with Crippen LogP contribution >= 0.6 is 24.0 Å².